The zero-order chi connectivity index (χ0) is 11.7. The lowest BCUT2D eigenvalue weighted by Gasteiger charge is -2.13. The SMILES string of the molecule is CCCCCS(=O)CCCC(C)(C)C#N. The van der Waals surface area contributed by atoms with Crippen molar-refractivity contribution in [2.45, 2.75) is 52.9 Å². The minimum atomic E-state index is -0.668. The lowest BCUT2D eigenvalue weighted by Crippen LogP contribution is -2.10. The van der Waals surface area contributed by atoms with Gasteiger partial charge in [-0.1, -0.05) is 19.8 Å². The summed E-state index contributed by atoms with van der Waals surface area (Å²) in [6, 6.07) is 2.27. The molecule has 0 saturated heterocycles. The Hall–Kier alpha value is -0.360. The topological polar surface area (TPSA) is 40.9 Å². The lowest BCUT2D eigenvalue weighted by molar-refractivity contribution is 0.447. The molecule has 0 spiro atoms. The van der Waals surface area contributed by atoms with Crippen molar-refractivity contribution in [3.63, 3.8) is 0 Å². The van der Waals surface area contributed by atoms with Crippen LogP contribution in [0, 0.1) is 16.7 Å². The molecule has 0 aromatic rings. The number of hydrogen-bond donors (Lipinski definition) is 0. The first-order chi connectivity index (χ1) is 7.02. The number of unbranched alkanes of at least 4 members (excludes halogenated alkanes) is 2. The molecule has 0 bridgehead atoms. The van der Waals surface area contributed by atoms with E-state index in [1.807, 2.05) is 13.8 Å². The van der Waals surface area contributed by atoms with Crippen LogP contribution in [0.1, 0.15) is 52.9 Å². The molecule has 0 aliphatic carbocycles. The summed E-state index contributed by atoms with van der Waals surface area (Å²) in [5, 5.41) is 8.81. The van der Waals surface area contributed by atoms with Gasteiger partial charge in [-0.15, -0.1) is 0 Å². The van der Waals surface area contributed by atoms with Gasteiger partial charge in [0.1, 0.15) is 0 Å². The number of hydrogen-bond acceptors (Lipinski definition) is 2. The van der Waals surface area contributed by atoms with E-state index in [0.717, 1.165) is 30.8 Å². The lowest BCUT2D eigenvalue weighted by atomic mass is 9.90. The molecular formula is C12H23NOS. The molecule has 0 radical (unpaired) electrons. The van der Waals surface area contributed by atoms with Gasteiger partial charge in [0.15, 0.2) is 0 Å². The Morgan fingerprint density at radius 2 is 1.80 bits per heavy atom. The highest BCUT2D eigenvalue weighted by Crippen LogP contribution is 2.20. The highest BCUT2D eigenvalue weighted by Gasteiger charge is 2.16. The first kappa shape index (κ1) is 14.6. The van der Waals surface area contributed by atoms with Gasteiger partial charge in [0.25, 0.3) is 0 Å². The first-order valence-electron chi connectivity index (χ1n) is 5.78. The van der Waals surface area contributed by atoms with E-state index in [4.69, 9.17) is 5.26 Å². The van der Waals surface area contributed by atoms with Crippen LogP contribution < -0.4 is 0 Å². The summed E-state index contributed by atoms with van der Waals surface area (Å²) >= 11 is 0. The van der Waals surface area contributed by atoms with Gasteiger partial charge < -0.3 is 0 Å². The minimum Gasteiger partial charge on any atom is -0.260 e. The van der Waals surface area contributed by atoms with Crippen LogP contribution in [0.25, 0.3) is 0 Å². The van der Waals surface area contributed by atoms with Gasteiger partial charge in [-0.05, 0) is 33.1 Å². The summed E-state index contributed by atoms with van der Waals surface area (Å²) in [4.78, 5) is 0. The zero-order valence-corrected chi connectivity index (χ0v) is 11.0. The molecule has 0 amide bonds. The van der Waals surface area contributed by atoms with Crippen LogP contribution in [0.2, 0.25) is 0 Å². The van der Waals surface area contributed by atoms with Crippen LogP contribution in [0.3, 0.4) is 0 Å². The standard InChI is InChI=1S/C12H23NOS/c1-4-5-6-9-15(14)10-7-8-12(2,3)11-13/h4-10H2,1-3H3. The molecule has 0 heterocycles. The fourth-order valence-corrected chi connectivity index (χ4v) is 2.54. The maximum Gasteiger partial charge on any atom is 0.0683 e. The molecule has 0 rings (SSSR count). The van der Waals surface area contributed by atoms with Gasteiger partial charge in [0.2, 0.25) is 0 Å². The van der Waals surface area contributed by atoms with Crippen LogP contribution in [-0.2, 0) is 10.8 Å². The molecule has 0 saturated carbocycles. The quantitative estimate of drug-likeness (QED) is 0.599. The van der Waals surface area contributed by atoms with E-state index >= 15 is 0 Å². The van der Waals surface area contributed by atoms with Crippen molar-refractivity contribution in [1.29, 1.82) is 5.26 Å². The van der Waals surface area contributed by atoms with Crippen LogP contribution in [0.5, 0.6) is 0 Å². The van der Waals surface area contributed by atoms with Gasteiger partial charge in [-0.25, -0.2) is 0 Å². The van der Waals surface area contributed by atoms with Gasteiger partial charge in [-0.2, -0.15) is 5.26 Å². The van der Waals surface area contributed by atoms with Crippen molar-refractivity contribution < 1.29 is 4.21 Å². The summed E-state index contributed by atoms with van der Waals surface area (Å²) in [7, 11) is -0.668. The van der Waals surface area contributed by atoms with Gasteiger partial charge in [-0.3, -0.25) is 4.21 Å². The van der Waals surface area contributed by atoms with E-state index in [0.29, 0.717) is 0 Å². The highest BCUT2D eigenvalue weighted by atomic mass is 32.2. The van der Waals surface area contributed by atoms with Crippen LogP contribution >= 0.6 is 0 Å². The van der Waals surface area contributed by atoms with Crippen molar-refractivity contribution in [2.75, 3.05) is 11.5 Å². The molecule has 0 aromatic heterocycles. The fourth-order valence-electron chi connectivity index (χ4n) is 1.35. The van der Waals surface area contributed by atoms with Gasteiger partial charge >= 0.3 is 0 Å². The Morgan fingerprint density at radius 3 is 2.33 bits per heavy atom. The summed E-state index contributed by atoms with van der Waals surface area (Å²) < 4.78 is 11.5. The van der Waals surface area contributed by atoms with Crippen molar-refractivity contribution in [2.24, 2.45) is 5.41 Å². The Morgan fingerprint density at radius 1 is 1.20 bits per heavy atom. The number of rotatable bonds is 8. The largest absolute Gasteiger partial charge is 0.260 e. The van der Waals surface area contributed by atoms with Gasteiger partial charge in [0, 0.05) is 22.3 Å². The predicted octanol–water partition coefficient (Wildman–Crippen LogP) is 3.26. The third kappa shape index (κ3) is 8.62. The maximum absolute atomic E-state index is 11.5. The number of nitriles is 1. The molecule has 1 atom stereocenters. The number of nitrogens with zero attached hydrogens (tertiary/aromatic N) is 1. The second-order valence-corrected chi connectivity index (χ2v) is 6.35. The molecule has 1 unspecified atom stereocenters. The molecule has 0 aromatic carbocycles. The molecule has 0 aliphatic rings. The second-order valence-electron chi connectivity index (χ2n) is 4.65. The Balaban J connectivity index is 3.52. The highest BCUT2D eigenvalue weighted by molar-refractivity contribution is 7.84. The van der Waals surface area contributed by atoms with Crippen LogP contribution in [0.4, 0.5) is 0 Å². The second kappa shape index (κ2) is 7.87. The molecule has 15 heavy (non-hydrogen) atoms. The predicted molar refractivity (Wildman–Crippen MR) is 66.0 cm³/mol. The van der Waals surface area contributed by atoms with Gasteiger partial charge in [0.05, 0.1) is 11.5 Å². The minimum absolute atomic E-state index is 0.256. The van der Waals surface area contributed by atoms with Crippen molar-refractivity contribution in [1.82, 2.24) is 0 Å². The Kier molecular flexibility index (Phi) is 7.68. The van der Waals surface area contributed by atoms with E-state index in [2.05, 4.69) is 13.0 Å². The first-order valence-corrected chi connectivity index (χ1v) is 7.27. The fraction of sp³-hybridized carbons (Fsp3) is 0.917. The van der Waals surface area contributed by atoms with E-state index < -0.39 is 10.8 Å². The summed E-state index contributed by atoms with van der Waals surface area (Å²) in [6.45, 7) is 6.03. The monoisotopic (exact) mass is 229 g/mol. The normalized spacial score (nSPS) is 13.5. The van der Waals surface area contributed by atoms with E-state index in [9.17, 15) is 4.21 Å². The summed E-state index contributed by atoms with van der Waals surface area (Å²) in [5.41, 5.74) is -0.256. The van der Waals surface area contributed by atoms with Crippen molar-refractivity contribution in [3.8, 4) is 6.07 Å². The summed E-state index contributed by atoms with van der Waals surface area (Å²) in [6.07, 6.45) is 5.18. The van der Waals surface area contributed by atoms with E-state index in [1.165, 1.54) is 12.8 Å². The Labute approximate surface area is 96.5 Å². The maximum atomic E-state index is 11.5. The molecular weight excluding hydrogens is 206 g/mol. The molecule has 0 N–H and O–H groups in total. The van der Waals surface area contributed by atoms with E-state index in [-0.39, 0.29) is 5.41 Å². The average Bonchev–Trinajstić information content (AvgIpc) is 2.18. The average molecular weight is 229 g/mol. The third-order valence-corrected chi connectivity index (χ3v) is 3.94. The molecule has 2 nitrogen and oxygen atoms in total. The van der Waals surface area contributed by atoms with Crippen molar-refractivity contribution in [3.05, 3.63) is 0 Å². The van der Waals surface area contributed by atoms with Crippen LogP contribution in [0.15, 0.2) is 0 Å². The zero-order valence-electron chi connectivity index (χ0n) is 10.2. The summed E-state index contributed by atoms with van der Waals surface area (Å²) in [5.74, 6) is 1.59. The Bertz CT molecular complexity index is 230. The molecule has 88 valence electrons. The smallest absolute Gasteiger partial charge is 0.0683 e. The molecule has 3 heteroatoms. The van der Waals surface area contributed by atoms with E-state index in [1.54, 1.807) is 0 Å². The molecule has 0 aliphatic heterocycles. The van der Waals surface area contributed by atoms with Crippen LogP contribution in [-0.4, -0.2) is 15.7 Å². The molecule has 0 fully saturated rings. The van der Waals surface area contributed by atoms with Crippen molar-refractivity contribution >= 4 is 10.8 Å². The third-order valence-electron chi connectivity index (χ3n) is 2.45.